The molecule has 1 atom stereocenters. The number of nitrogens with zero attached hydrogens (tertiary/aromatic N) is 4. The zero-order valence-corrected chi connectivity index (χ0v) is 8.32. The van der Waals surface area contributed by atoms with Gasteiger partial charge in [0.15, 0.2) is 12.0 Å². The van der Waals surface area contributed by atoms with Crippen molar-refractivity contribution in [2.45, 2.75) is 6.04 Å². The average molecular weight is 210 g/mol. The number of hydrogen-bond donors (Lipinski definition) is 0. The zero-order chi connectivity index (χ0) is 11.4. The number of carbonyl (C=O) groups is 1. The van der Waals surface area contributed by atoms with Crippen LogP contribution in [0.1, 0.15) is 0 Å². The molecule has 1 aliphatic heterocycles. The van der Waals surface area contributed by atoms with Gasteiger partial charge in [0.25, 0.3) is 6.04 Å². The SMILES string of the molecule is CN(C)/C=C(\C=O)C1=NN=C[C@H]1[N+](=O)[O-]. The summed E-state index contributed by atoms with van der Waals surface area (Å²) >= 11 is 0. The molecule has 0 amide bonds. The van der Waals surface area contributed by atoms with Crippen molar-refractivity contribution >= 4 is 18.2 Å². The smallest absolute Gasteiger partial charge is 0.293 e. The van der Waals surface area contributed by atoms with Crippen LogP contribution in [0, 0.1) is 10.1 Å². The zero-order valence-electron chi connectivity index (χ0n) is 8.32. The highest BCUT2D eigenvalue weighted by atomic mass is 16.6. The molecule has 0 N–H and O–H groups in total. The van der Waals surface area contributed by atoms with Crippen LogP contribution in [0.15, 0.2) is 22.0 Å². The maximum absolute atomic E-state index is 10.7. The Morgan fingerprint density at radius 3 is 2.80 bits per heavy atom. The molecule has 0 spiro atoms. The fourth-order valence-electron chi connectivity index (χ4n) is 1.11. The van der Waals surface area contributed by atoms with Crippen LogP contribution in [-0.2, 0) is 4.79 Å². The highest BCUT2D eigenvalue weighted by Crippen LogP contribution is 2.08. The van der Waals surface area contributed by atoms with E-state index in [-0.39, 0.29) is 11.3 Å². The third-order valence-corrected chi connectivity index (χ3v) is 1.70. The fraction of sp³-hybridized carbons (Fsp3) is 0.375. The van der Waals surface area contributed by atoms with Gasteiger partial charge in [-0.05, 0) is 0 Å². The second-order valence-corrected chi connectivity index (χ2v) is 3.15. The lowest BCUT2D eigenvalue weighted by molar-refractivity contribution is -0.482. The van der Waals surface area contributed by atoms with Crippen LogP contribution in [0.5, 0.6) is 0 Å². The van der Waals surface area contributed by atoms with Crippen molar-refractivity contribution in [3.05, 3.63) is 21.9 Å². The Kier molecular flexibility index (Phi) is 3.27. The Hall–Kier alpha value is -2.05. The molecule has 0 fully saturated rings. The van der Waals surface area contributed by atoms with Crippen LogP contribution in [-0.4, -0.2) is 48.2 Å². The summed E-state index contributed by atoms with van der Waals surface area (Å²) in [4.78, 5) is 22.4. The van der Waals surface area contributed by atoms with Crippen LogP contribution in [0.25, 0.3) is 0 Å². The Bertz CT molecular complexity index is 370. The van der Waals surface area contributed by atoms with Gasteiger partial charge in [0.2, 0.25) is 0 Å². The molecule has 0 saturated heterocycles. The van der Waals surface area contributed by atoms with Crippen LogP contribution in [0.3, 0.4) is 0 Å². The number of hydrogen-bond acceptors (Lipinski definition) is 6. The van der Waals surface area contributed by atoms with E-state index >= 15 is 0 Å². The standard InChI is InChI=1S/C8H10N4O3/c1-11(2)4-6(5-13)8-7(12(14)15)3-9-10-8/h3-5,7H,1-2H3/b6-4+/t7-/m1/s1. The first kappa shape index (κ1) is 11.0. The molecule has 1 heterocycles. The van der Waals surface area contributed by atoms with Gasteiger partial charge in [-0.25, -0.2) is 0 Å². The predicted molar refractivity (Wildman–Crippen MR) is 54.5 cm³/mol. The summed E-state index contributed by atoms with van der Waals surface area (Å²) in [6.45, 7) is 0. The van der Waals surface area contributed by atoms with Crippen molar-refractivity contribution in [2.24, 2.45) is 10.2 Å². The van der Waals surface area contributed by atoms with E-state index < -0.39 is 11.0 Å². The number of carbonyl (C=O) groups excluding carboxylic acids is 1. The van der Waals surface area contributed by atoms with Gasteiger partial charge < -0.3 is 4.90 Å². The molecular weight excluding hydrogens is 200 g/mol. The molecule has 0 aromatic rings. The van der Waals surface area contributed by atoms with E-state index in [1.807, 2.05) is 0 Å². The lowest BCUT2D eigenvalue weighted by Crippen LogP contribution is -2.30. The number of aldehydes is 1. The minimum Gasteiger partial charge on any atom is -0.383 e. The molecule has 0 aromatic carbocycles. The summed E-state index contributed by atoms with van der Waals surface area (Å²) in [6, 6.07) is -1.12. The van der Waals surface area contributed by atoms with Crippen LogP contribution in [0.4, 0.5) is 0 Å². The fourth-order valence-corrected chi connectivity index (χ4v) is 1.11. The minimum absolute atomic E-state index is 0.0729. The quantitative estimate of drug-likeness (QED) is 0.276. The van der Waals surface area contributed by atoms with Crippen LogP contribution in [0.2, 0.25) is 0 Å². The number of nitro groups is 1. The topological polar surface area (TPSA) is 88.2 Å². The molecule has 0 aliphatic carbocycles. The van der Waals surface area contributed by atoms with E-state index in [1.54, 1.807) is 19.0 Å². The minimum atomic E-state index is -1.12. The maximum atomic E-state index is 10.7. The molecule has 1 rings (SSSR count). The first-order chi connectivity index (χ1) is 7.06. The molecule has 0 unspecified atom stereocenters. The van der Waals surface area contributed by atoms with Crippen molar-refractivity contribution < 1.29 is 9.72 Å². The first-order valence-corrected chi connectivity index (χ1v) is 4.14. The summed E-state index contributed by atoms with van der Waals surface area (Å²) in [5.41, 5.74) is 0.239. The van der Waals surface area contributed by atoms with Crippen molar-refractivity contribution in [3.8, 4) is 0 Å². The van der Waals surface area contributed by atoms with Gasteiger partial charge in [-0.3, -0.25) is 14.9 Å². The van der Waals surface area contributed by atoms with Gasteiger partial charge >= 0.3 is 0 Å². The molecule has 80 valence electrons. The molecule has 0 aromatic heterocycles. The van der Waals surface area contributed by atoms with Crippen molar-refractivity contribution in [2.75, 3.05) is 14.1 Å². The Balaban J connectivity index is 2.97. The average Bonchev–Trinajstić information content (AvgIpc) is 2.62. The van der Waals surface area contributed by atoms with Crippen molar-refractivity contribution in [3.63, 3.8) is 0 Å². The predicted octanol–water partition coefficient (Wildman–Crippen LogP) is -0.284. The lowest BCUT2D eigenvalue weighted by atomic mass is 10.1. The third-order valence-electron chi connectivity index (χ3n) is 1.70. The molecule has 15 heavy (non-hydrogen) atoms. The molecule has 7 heteroatoms. The Labute approximate surface area is 85.9 Å². The van der Waals surface area contributed by atoms with Gasteiger partial charge in [0.05, 0.1) is 5.57 Å². The van der Waals surface area contributed by atoms with E-state index in [9.17, 15) is 14.9 Å². The van der Waals surface area contributed by atoms with Crippen LogP contribution < -0.4 is 0 Å². The van der Waals surface area contributed by atoms with Gasteiger partial charge in [0, 0.05) is 25.2 Å². The molecule has 7 nitrogen and oxygen atoms in total. The van der Waals surface area contributed by atoms with E-state index in [0.29, 0.717) is 6.29 Å². The van der Waals surface area contributed by atoms with E-state index in [2.05, 4.69) is 10.2 Å². The second-order valence-electron chi connectivity index (χ2n) is 3.15. The maximum Gasteiger partial charge on any atom is 0.293 e. The summed E-state index contributed by atoms with van der Waals surface area (Å²) in [5, 5.41) is 17.6. The normalized spacial score (nSPS) is 20.0. The summed E-state index contributed by atoms with van der Waals surface area (Å²) in [7, 11) is 3.42. The molecule has 0 saturated carbocycles. The van der Waals surface area contributed by atoms with E-state index in [0.717, 1.165) is 6.21 Å². The molecule has 1 aliphatic rings. The van der Waals surface area contributed by atoms with Gasteiger partial charge in [-0.2, -0.15) is 5.10 Å². The van der Waals surface area contributed by atoms with Gasteiger partial charge in [-0.1, -0.05) is 0 Å². The lowest BCUT2D eigenvalue weighted by Gasteiger charge is -2.07. The molecular formula is C8H10N4O3. The third kappa shape index (κ3) is 2.46. The summed E-state index contributed by atoms with van der Waals surface area (Å²) < 4.78 is 0. The van der Waals surface area contributed by atoms with E-state index in [4.69, 9.17) is 0 Å². The van der Waals surface area contributed by atoms with Gasteiger partial charge in [0.1, 0.15) is 6.21 Å². The monoisotopic (exact) mass is 210 g/mol. The van der Waals surface area contributed by atoms with Crippen molar-refractivity contribution in [1.29, 1.82) is 0 Å². The van der Waals surface area contributed by atoms with Crippen molar-refractivity contribution in [1.82, 2.24) is 4.90 Å². The summed E-state index contributed by atoms with van der Waals surface area (Å²) in [5.74, 6) is 0. The molecule has 0 radical (unpaired) electrons. The highest BCUT2D eigenvalue weighted by Gasteiger charge is 2.31. The van der Waals surface area contributed by atoms with Gasteiger partial charge in [-0.15, -0.1) is 5.10 Å². The first-order valence-electron chi connectivity index (χ1n) is 4.14. The number of rotatable bonds is 4. The largest absolute Gasteiger partial charge is 0.383 e. The highest BCUT2D eigenvalue weighted by molar-refractivity contribution is 6.22. The molecule has 0 bridgehead atoms. The van der Waals surface area contributed by atoms with Crippen LogP contribution >= 0.6 is 0 Å². The Morgan fingerprint density at radius 1 is 1.67 bits per heavy atom. The Morgan fingerprint density at radius 2 is 2.33 bits per heavy atom. The summed E-state index contributed by atoms with van der Waals surface area (Å²) in [6.07, 6.45) is 3.10. The van der Waals surface area contributed by atoms with E-state index in [1.165, 1.54) is 6.20 Å². The second kappa shape index (κ2) is 4.45.